The van der Waals surface area contributed by atoms with E-state index >= 15 is 0 Å². The Kier molecular flexibility index (Phi) is 7.44. The molecular weight excluding hydrogens is 425 g/mol. The smallest absolute Gasteiger partial charge is 0.408 e. The zero-order valence-corrected chi connectivity index (χ0v) is 19.6. The molecule has 1 unspecified atom stereocenters. The number of hydrogen-bond donors (Lipinski definition) is 3. The number of allylic oxidation sites excluding steroid dienone is 1. The summed E-state index contributed by atoms with van der Waals surface area (Å²) in [5, 5.41) is 15.1. The van der Waals surface area contributed by atoms with Crippen molar-refractivity contribution in [3.63, 3.8) is 0 Å². The fourth-order valence-electron chi connectivity index (χ4n) is 4.58. The Hall–Kier alpha value is -2.52. The molecule has 0 aromatic rings. The summed E-state index contributed by atoms with van der Waals surface area (Å²) in [6.07, 6.45) is 7.29. The normalized spacial score (nSPS) is 34.1. The van der Waals surface area contributed by atoms with Gasteiger partial charge in [-0.1, -0.05) is 30.8 Å². The molecule has 2 fully saturated rings. The highest BCUT2D eigenvalue weighted by Crippen LogP contribution is 2.45. The average Bonchev–Trinajstić information content (AvgIpc) is 3.25. The lowest BCUT2D eigenvalue weighted by molar-refractivity contribution is -0.145. The van der Waals surface area contributed by atoms with Crippen LogP contribution in [0.2, 0.25) is 5.82 Å². The summed E-state index contributed by atoms with van der Waals surface area (Å²) in [7, 11) is 6.09. The first kappa shape index (κ1) is 25.1. The highest BCUT2D eigenvalue weighted by molar-refractivity contribution is 6.13. The summed E-state index contributed by atoms with van der Waals surface area (Å²) in [6.45, 7) is 5.37. The summed E-state index contributed by atoms with van der Waals surface area (Å²) < 4.78 is 5.33. The first-order valence-corrected chi connectivity index (χ1v) is 11.7. The van der Waals surface area contributed by atoms with Crippen LogP contribution in [-0.4, -0.2) is 71.5 Å². The van der Waals surface area contributed by atoms with Crippen LogP contribution >= 0.6 is 0 Å². The molecule has 1 aliphatic carbocycles. The predicted molar refractivity (Wildman–Crippen MR) is 122 cm³/mol. The molecular formula is C23H34BN3O6. The van der Waals surface area contributed by atoms with Crippen molar-refractivity contribution in [2.75, 3.05) is 6.54 Å². The minimum Gasteiger partial charge on any atom is -0.479 e. The second-order valence-corrected chi connectivity index (χ2v) is 10.3. The standard InChI is InChI=1S/C23H34BN3O6/c1-22(2,3)33-21(32)25-16-10-8-6-4-5-7-9-14-12-23(14,20(30)31)26-18(28)17-11-15(24)13-27(17)19(16)29/h7,9,14-17H,4-6,8,10-13H2,1-3H3,(H,25,32)(H,26,28)(H,30,31)/b9-7-/t14-,15-,16+,17+,23?/m1/s1. The number of carboxylic acids is 1. The van der Waals surface area contributed by atoms with E-state index < -0.39 is 52.9 Å². The molecule has 3 N–H and O–H groups in total. The van der Waals surface area contributed by atoms with Crippen LogP contribution in [0.3, 0.4) is 0 Å². The third-order valence-corrected chi connectivity index (χ3v) is 6.38. The molecule has 3 amide bonds. The summed E-state index contributed by atoms with van der Waals surface area (Å²) in [5.74, 6) is -2.70. The Labute approximate surface area is 196 Å². The maximum Gasteiger partial charge on any atom is 0.408 e. The molecule has 5 atom stereocenters. The van der Waals surface area contributed by atoms with E-state index in [9.17, 15) is 24.3 Å². The average molecular weight is 459 g/mol. The molecule has 0 spiro atoms. The van der Waals surface area contributed by atoms with Crippen molar-refractivity contribution in [1.82, 2.24) is 15.5 Å². The minimum atomic E-state index is -1.34. The van der Waals surface area contributed by atoms with Crippen molar-refractivity contribution in [3.05, 3.63) is 12.2 Å². The molecule has 0 aromatic heterocycles. The van der Waals surface area contributed by atoms with Crippen molar-refractivity contribution in [2.24, 2.45) is 5.92 Å². The number of carbonyl (C=O) groups is 4. The topological polar surface area (TPSA) is 125 Å². The number of nitrogens with one attached hydrogen (secondary N) is 2. The van der Waals surface area contributed by atoms with E-state index in [4.69, 9.17) is 12.6 Å². The minimum absolute atomic E-state index is 0.160. The van der Waals surface area contributed by atoms with E-state index in [-0.39, 0.29) is 18.9 Å². The van der Waals surface area contributed by atoms with Gasteiger partial charge in [0.05, 0.1) is 7.85 Å². The predicted octanol–water partition coefficient (Wildman–Crippen LogP) is 1.92. The van der Waals surface area contributed by atoms with Gasteiger partial charge < -0.3 is 25.4 Å². The van der Waals surface area contributed by atoms with Crippen molar-refractivity contribution in [2.45, 2.75) is 94.8 Å². The molecule has 180 valence electrons. The monoisotopic (exact) mass is 459 g/mol. The van der Waals surface area contributed by atoms with Gasteiger partial charge >= 0.3 is 12.1 Å². The van der Waals surface area contributed by atoms with Crippen LogP contribution in [0.25, 0.3) is 0 Å². The molecule has 2 aliphatic heterocycles. The fraction of sp³-hybridized carbons (Fsp3) is 0.739. The van der Waals surface area contributed by atoms with E-state index in [0.29, 0.717) is 19.3 Å². The van der Waals surface area contributed by atoms with Crippen molar-refractivity contribution >= 4 is 31.7 Å². The van der Waals surface area contributed by atoms with E-state index in [1.54, 1.807) is 20.8 Å². The number of carboxylic acid groups (broad SMARTS) is 1. The maximum atomic E-state index is 13.5. The van der Waals surface area contributed by atoms with Gasteiger partial charge in [0.15, 0.2) is 0 Å². The summed E-state index contributed by atoms with van der Waals surface area (Å²) in [6, 6.07) is -1.75. The highest BCUT2D eigenvalue weighted by Gasteiger charge is 2.61. The summed E-state index contributed by atoms with van der Waals surface area (Å²) >= 11 is 0. The van der Waals surface area contributed by atoms with Gasteiger partial charge in [0.2, 0.25) is 11.8 Å². The molecule has 9 nitrogen and oxygen atoms in total. The second kappa shape index (κ2) is 9.77. The van der Waals surface area contributed by atoms with Crippen LogP contribution in [0.1, 0.15) is 65.7 Å². The molecule has 3 aliphatic rings. The number of alkyl carbamates (subject to hydrolysis) is 1. The molecule has 1 saturated heterocycles. The maximum absolute atomic E-state index is 13.5. The number of carbonyl (C=O) groups excluding carboxylic acids is 3. The fourth-order valence-corrected chi connectivity index (χ4v) is 4.58. The molecule has 1 saturated carbocycles. The molecule has 10 heteroatoms. The van der Waals surface area contributed by atoms with Crippen LogP contribution in [-0.2, 0) is 19.1 Å². The van der Waals surface area contributed by atoms with Crippen LogP contribution in [0.5, 0.6) is 0 Å². The third-order valence-electron chi connectivity index (χ3n) is 6.38. The summed E-state index contributed by atoms with van der Waals surface area (Å²) in [4.78, 5) is 52.3. The molecule has 3 rings (SSSR count). The highest BCUT2D eigenvalue weighted by atomic mass is 16.6. The number of amides is 3. The van der Waals surface area contributed by atoms with Crippen LogP contribution < -0.4 is 10.6 Å². The lowest BCUT2D eigenvalue weighted by Crippen LogP contribution is -2.56. The van der Waals surface area contributed by atoms with Gasteiger partial charge in [-0.25, -0.2) is 9.59 Å². The van der Waals surface area contributed by atoms with Gasteiger partial charge in [-0.3, -0.25) is 9.59 Å². The van der Waals surface area contributed by atoms with Gasteiger partial charge in [0, 0.05) is 12.5 Å². The van der Waals surface area contributed by atoms with Crippen LogP contribution in [0, 0.1) is 5.92 Å². The zero-order valence-electron chi connectivity index (χ0n) is 19.6. The number of aliphatic carboxylic acids is 1. The van der Waals surface area contributed by atoms with Gasteiger partial charge in [0.1, 0.15) is 23.2 Å². The molecule has 0 aromatic carbocycles. The summed E-state index contributed by atoms with van der Waals surface area (Å²) in [5.41, 5.74) is -2.06. The van der Waals surface area contributed by atoms with Crippen LogP contribution in [0.15, 0.2) is 12.2 Å². The van der Waals surface area contributed by atoms with Crippen molar-refractivity contribution < 1.29 is 29.0 Å². The number of fused-ring (bicyclic) bond motifs is 2. The number of hydrogen-bond acceptors (Lipinski definition) is 5. The van der Waals surface area contributed by atoms with Crippen molar-refractivity contribution in [3.8, 4) is 0 Å². The number of ether oxygens (including phenoxy) is 1. The Balaban J connectivity index is 1.83. The molecule has 33 heavy (non-hydrogen) atoms. The SMILES string of the molecule is [B][C@@H]1C[C@H]2C(=O)NC3(C(=O)O)C[C@H]3/C=C\CCCCC[C@H](NC(=O)OC(C)(C)C)C(=O)N2C1. The second-order valence-electron chi connectivity index (χ2n) is 10.3. The van der Waals surface area contributed by atoms with Gasteiger partial charge in [-0.05, 0) is 52.9 Å². The largest absolute Gasteiger partial charge is 0.479 e. The zero-order chi connectivity index (χ0) is 24.4. The lowest BCUT2D eigenvalue weighted by Gasteiger charge is -2.30. The molecule has 2 radical (unpaired) electrons. The number of nitrogens with zero attached hydrogens (tertiary/aromatic N) is 1. The van der Waals surface area contributed by atoms with Gasteiger partial charge in [-0.2, -0.15) is 0 Å². The van der Waals surface area contributed by atoms with Crippen LogP contribution in [0.4, 0.5) is 4.79 Å². The van der Waals surface area contributed by atoms with E-state index in [1.165, 1.54) is 4.90 Å². The van der Waals surface area contributed by atoms with E-state index in [0.717, 1.165) is 19.3 Å². The molecule has 2 heterocycles. The quantitative estimate of drug-likeness (QED) is 0.428. The first-order chi connectivity index (χ1) is 15.4. The molecule has 0 bridgehead atoms. The number of rotatable bonds is 2. The first-order valence-electron chi connectivity index (χ1n) is 11.7. The van der Waals surface area contributed by atoms with E-state index in [1.807, 2.05) is 12.2 Å². The Morgan fingerprint density at radius 2 is 2.00 bits per heavy atom. The Bertz CT molecular complexity index is 826. The Morgan fingerprint density at radius 1 is 1.27 bits per heavy atom. The third kappa shape index (κ3) is 6.09. The van der Waals surface area contributed by atoms with Gasteiger partial charge in [-0.15, -0.1) is 0 Å². The Morgan fingerprint density at radius 3 is 2.67 bits per heavy atom. The lowest BCUT2D eigenvalue weighted by atomic mass is 9.85. The van der Waals surface area contributed by atoms with Crippen molar-refractivity contribution in [1.29, 1.82) is 0 Å². The van der Waals surface area contributed by atoms with E-state index in [2.05, 4.69) is 10.6 Å². The van der Waals surface area contributed by atoms with Gasteiger partial charge in [0.25, 0.3) is 0 Å².